The minimum absolute atomic E-state index is 0.244. The molecule has 34 heavy (non-hydrogen) atoms. The molecule has 1 N–H and O–H groups in total. The molecule has 1 fully saturated rings. The second-order valence-electron chi connectivity index (χ2n) is 8.18. The molecule has 9 heteroatoms. The van der Waals surface area contributed by atoms with Crippen molar-refractivity contribution in [2.45, 2.75) is 0 Å². The fourth-order valence-electron chi connectivity index (χ4n) is 4.25. The van der Waals surface area contributed by atoms with Crippen molar-refractivity contribution in [3.63, 3.8) is 0 Å². The van der Waals surface area contributed by atoms with E-state index in [1.807, 2.05) is 0 Å². The maximum absolute atomic E-state index is 13.5. The van der Waals surface area contributed by atoms with Gasteiger partial charge in [-0.25, -0.2) is 0 Å². The van der Waals surface area contributed by atoms with Gasteiger partial charge in [0.1, 0.15) is 24.7 Å². The van der Waals surface area contributed by atoms with Crippen LogP contribution >= 0.6 is 0 Å². The van der Waals surface area contributed by atoms with Crippen molar-refractivity contribution in [2.75, 3.05) is 65.0 Å². The lowest BCUT2D eigenvalue weighted by atomic mass is 10.0. The minimum Gasteiger partial charge on any atom is -0.497 e. The summed E-state index contributed by atoms with van der Waals surface area (Å²) in [6, 6.07) is 12.5. The van der Waals surface area contributed by atoms with E-state index < -0.39 is 0 Å². The highest BCUT2D eigenvalue weighted by Crippen LogP contribution is 2.35. The molecule has 0 aromatic heterocycles. The molecule has 1 saturated heterocycles. The molecule has 0 spiro atoms. The van der Waals surface area contributed by atoms with E-state index in [9.17, 15) is 9.59 Å². The summed E-state index contributed by atoms with van der Waals surface area (Å²) < 4.78 is 21.9. The van der Waals surface area contributed by atoms with E-state index >= 15 is 0 Å². The van der Waals surface area contributed by atoms with E-state index in [1.54, 1.807) is 49.6 Å². The molecule has 0 unspecified atom stereocenters. The first-order chi connectivity index (χ1) is 16.6. The predicted octanol–water partition coefficient (Wildman–Crippen LogP) is 1.99. The van der Waals surface area contributed by atoms with Crippen LogP contribution in [0.4, 0.5) is 5.69 Å². The summed E-state index contributed by atoms with van der Waals surface area (Å²) >= 11 is 0. The fourth-order valence-corrected chi connectivity index (χ4v) is 4.25. The lowest BCUT2D eigenvalue weighted by Crippen LogP contribution is -2.43. The first-order valence-corrected chi connectivity index (χ1v) is 11.4. The zero-order valence-corrected chi connectivity index (χ0v) is 19.0. The highest BCUT2D eigenvalue weighted by Gasteiger charge is 2.39. The number of imide groups is 1. The number of rotatable bonds is 7. The van der Waals surface area contributed by atoms with Crippen LogP contribution in [0.2, 0.25) is 0 Å². The van der Waals surface area contributed by atoms with Crippen molar-refractivity contribution >= 4 is 23.1 Å². The van der Waals surface area contributed by atoms with E-state index in [2.05, 4.69) is 10.2 Å². The number of carbonyl (C=O) groups excluding carboxylic acids is 2. The fraction of sp³-hybridized carbons (Fsp3) is 0.360. The molecule has 0 radical (unpaired) electrons. The van der Waals surface area contributed by atoms with Gasteiger partial charge in [-0.2, -0.15) is 0 Å². The van der Waals surface area contributed by atoms with E-state index in [0.717, 1.165) is 13.1 Å². The summed E-state index contributed by atoms with van der Waals surface area (Å²) in [7, 11) is 1.58. The number of ether oxygens (including phenoxy) is 4. The van der Waals surface area contributed by atoms with Crippen LogP contribution in [0, 0.1) is 0 Å². The van der Waals surface area contributed by atoms with Gasteiger partial charge in [-0.1, -0.05) is 12.1 Å². The van der Waals surface area contributed by atoms with Crippen LogP contribution in [0.1, 0.15) is 5.56 Å². The number of carbonyl (C=O) groups is 2. The Morgan fingerprint density at radius 2 is 1.62 bits per heavy atom. The highest BCUT2D eigenvalue weighted by molar-refractivity contribution is 6.36. The van der Waals surface area contributed by atoms with Crippen LogP contribution in [0.25, 0.3) is 5.57 Å². The van der Waals surface area contributed by atoms with Gasteiger partial charge in [0.15, 0.2) is 11.5 Å². The molecular weight excluding hydrogens is 438 g/mol. The summed E-state index contributed by atoms with van der Waals surface area (Å²) in [4.78, 5) is 30.4. The quantitative estimate of drug-likeness (QED) is 0.621. The number of amides is 2. The van der Waals surface area contributed by atoms with E-state index in [1.165, 1.54) is 4.90 Å². The van der Waals surface area contributed by atoms with Crippen LogP contribution < -0.4 is 19.5 Å². The number of nitrogens with zero attached hydrogens (tertiary/aromatic N) is 2. The molecule has 5 rings (SSSR count). The van der Waals surface area contributed by atoms with Gasteiger partial charge in [-0.3, -0.25) is 19.4 Å². The van der Waals surface area contributed by atoms with Gasteiger partial charge in [0.05, 0.1) is 25.9 Å². The second kappa shape index (κ2) is 9.74. The highest BCUT2D eigenvalue weighted by atomic mass is 16.6. The number of hydrogen-bond acceptors (Lipinski definition) is 8. The van der Waals surface area contributed by atoms with Crippen LogP contribution in [0.15, 0.2) is 48.2 Å². The summed E-state index contributed by atoms with van der Waals surface area (Å²) in [5.41, 5.74) is 1.87. The van der Waals surface area contributed by atoms with Crippen molar-refractivity contribution in [3.8, 4) is 17.2 Å². The number of anilines is 1. The number of nitrogens with one attached hydrogen (secondary N) is 1. The first-order valence-electron chi connectivity index (χ1n) is 11.4. The predicted molar refractivity (Wildman–Crippen MR) is 125 cm³/mol. The normalized spacial score (nSPS) is 18.4. The molecule has 0 atom stereocenters. The molecule has 0 bridgehead atoms. The van der Waals surface area contributed by atoms with Crippen molar-refractivity contribution in [1.82, 2.24) is 9.80 Å². The lowest BCUT2D eigenvalue weighted by molar-refractivity contribution is -0.137. The number of methoxy groups -OCH3 is 1. The smallest absolute Gasteiger partial charge is 0.278 e. The Hall–Kier alpha value is -3.56. The Morgan fingerprint density at radius 3 is 2.35 bits per heavy atom. The second-order valence-corrected chi connectivity index (χ2v) is 8.18. The van der Waals surface area contributed by atoms with Crippen molar-refractivity contribution < 1.29 is 28.5 Å². The number of benzene rings is 2. The van der Waals surface area contributed by atoms with Crippen LogP contribution in [0.5, 0.6) is 17.2 Å². The third kappa shape index (κ3) is 4.44. The number of morpholine rings is 1. The maximum atomic E-state index is 13.5. The van der Waals surface area contributed by atoms with Crippen molar-refractivity contribution in [1.29, 1.82) is 0 Å². The summed E-state index contributed by atoms with van der Waals surface area (Å²) in [6.07, 6.45) is 0. The van der Waals surface area contributed by atoms with E-state index in [0.29, 0.717) is 73.6 Å². The molecular formula is C25H27N3O6. The summed E-state index contributed by atoms with van der Waals surface area (Å²) in [5.74, 6) is 1.26. The van der Waals surface area contributed by atoms with Gasteiger partial charge >= 0.3 is 0 Å². The Morgan fingerprint density at radius 1 is 0.882 bits per heavy atom. The van der Waals surface area contributed by atoms with E-state index in [4.69, 9.17) is 18.9 Å². The average molecular weight is 466 g/mol. The molecule has 2 aromatic rings. The standard InChI is InChI=1S/C25H27N3O6/c1-31-19-5-2-17(3-6-19)22-23(26-18-4-7-20-21(16-18)34-15-14-33-20)25(30)28(24(22)29)9-8-27-10-12-32-13-11-27/h2-7,16,26H,8-15H2,1H3. The summed E-state index contributed by atoms with van der Waals surface area (Å²) in [6.45, 7) is 4.77. The average Bonchev–Trinajstić information content (AvgIpc) is 3.11. The third-order valence-electron chi connectivity index (χ3n) is 6.10. The summed E-state index contributed by atoms with van der Waals surface area (Å²) in [5, 5.41) is 3.18. The van der Waals surface area contributed by atoms with E-state index in [-0.39, 0.29) is 17.5 Å². The lowest BCUT2D eigenvalue weighted by Gasteiger charge is -2.28. The van der Waals surface area contributed by atoms with Gasteiger partial charge < -0.3 is 24.3 Å². The van der Waals surface area contributed by atoms with Crippen molar-refractivity contribution in [3.05, 3.63) is 53.7 Å². The van der Waals surface area contributed by atoms with Crippen LogP contribution in [-0.4, -0.2) is 81.3 Å². The minimum atomic E-state index is -0.348. The molecule has 9 nitrogen and oxygen atoms in total. The largest absolute Gasteiger partial charge is 0.497 e. The third-order valence-corrected chi connectivity index (χ3v) is 6.10. The SMILES string of the molecule is COc1ccc(C2=C(Nc3ccc4c(c3)OCCO4)C(=O)N(CCN3CCOCC3)C2=O)cc1. The zero-order chi connectivity index (χ0) is 23.5. The van der Waals surface area contributed by atoms with Crippen LogP contribution in [0.3, 0.4) is 0 Å². The van der Waals surface area contributed by atoms with Gasteiger partial charge in [0, 0.05) is 37.9 Å². The molecule has 3 aliphatic rings. The van der Waals surface area contributed by atoms with Gasteiger partial charge in [0.2, 0.25) is 0 Å². The Bertz CT molecular complexity index is 1110. The van der Waals surface area contributed by atoms with Gasteiger partial charge in [-0.05, 0) is 29.8 Å². The topological polar surface area (TPSA) is 89.6 Å². The molecule has 2 aromatic carbocycles. The zero-order valence-electron chi connectivity index (χ0n) is 19.0. The molecule has 0 aliphatic carbocycles. The molecule has 3 heterocycles. The molecule has 3 aliphatic heterocycles. The van der Waals surface area contributed by atoms with Crippen molar-refractivity contribution in [2.24, 2.45) is 0 Å². The molecule has 178 valence electrons. The van der Waals surface area contributed by atoms with Crippen LogP contribution in [-0.2, 0) is 14.3 Å². The Balaban J connectivity index is 1.43. The maximum Gasteiger partial charge on any atom is 0.278 e. The van der Waals surface area contributed by atoms with Gasteiger partial charge in [-0.15, -0.1) is 0 Å². The Labute approximate surface area is 197 Å². The molecule has 2 amide bonds. The molecule has 0 saturated carbocycles. The first kappa shape index (κ1) is 22.2. The van der Waals surface area contributed by atoms with Gasteiger partial charge in [0.25, 0.3) is 11.8 Å². The Kier molecular flexibility index (Phi) is 6.37. The number of fused-ring (bicyclic) bond motifs is 1. The number of hydrogen-bond donors (Lipinski definition) is 1. The monoisotopic (exact) mass is 465 g/mol.